The van der Waals surface area contributed by atoms with Crippen LogP contribution in [0, 0.1) is 27.7 Å². The molecule has 2 nitrogen and oxygen atoms in total. The van der Waals surface area contributed by atoms with Gasteiger partial charge in [-0.15, -0.1) is 0 Å². The molecule has 0 aliphatic heterocycles. The third-order valence-electron chi connectivity index (χ3n) is 8.46. The Morgan fingerprint density at radius 3 is 1.43 bits per heavy atom. The van der Waals surface area contributed by atoms with Gasteiger partial charge in [-0.05, 0) is 78.8 Å². The lowest BCUT2D eigenvalue weighted by molar-refractivity contribution is 1.18. The van der Waals surface area contributed by atoms with Crippen LogP contribution in [0.2, 0.25) is 0 Å². The molecule has 0 unspecified atom stereocenters. The Bertz CT molecular complexity index is 2150. The van der Waals surface area contributed by atoms with Crippen LogP contribution < -0.4 is 0 Å². The van der Waals surface area contributed by atoms with Crippen molar-refractivity contribution in [2.24, 2.45) is 0 Å². The van der Waals surface area contributed by atoms with Crippen molar-refractivity contribution in [3.63, 3.8) is 0 Å². The standard InChI is InChI=1S/C44H36N2/c1-29-20-30(2)23-38(22-29)34-14-10-16-36(26-34)40-18-8-9-19-41(40)42-28-45-44(33-12-6-5-7-13-33)46-43(42)37-17-11-15-35(27-37)39-24-31(3)21-32(4)25-39/h5-28H,1-4H3. The van der Waals surface area contributed by atoms with Crippen LogP contribution in [0.25, 0.3) is 67.2 Å². The van der Waals surface area contributed by atoms with Gasteiger partial charge in [0, 0.05) is 22.9 Å². The van der Waals surface area contributed by atoms with Gasteiger partial charge in [-0.2, -0.15) is 0 Å². The van der Waals surface area contributed by atoms with Crippen molar-refractivity contribution in [1.82, 2.24) is 9.97 Å². The van der Waals surface area contributed by atoms with Gasteiger partial charge >= 0.3 is 0 Å². The topological polar surface area (TPSA) is 25.8 Å². The van der Waals surface area contributed by atoms with Crippen LogP contribution in [-0.2, 0) is 0 Å². The maximum atomic E-state index is 5.27. The lowest BCUT2D eigenvalue weighted by Gasteiger charge is -2.16. The van der Waals surface area contributed by atoms with E-state index in [1.54, 1.807) is 0 Å². The minimum atomic E-state index is 0.713. The second kappa shape index (κ2) is 12.4. The molecule has 0 saturated carbocycles. The predicted octanol–water partition coefficient (Wildman–Crippen LogP) is 11.7. The molecule has 0 atom stereocenters. The van der Waals surface area contributed by atoms with Gasteiger partial charge in [-0.25, -0.2) is 9.97 Å². The van der Waals surface area contributed by atoms with Gasteiger partial charge in [0.2, 0.25) is 0 Å². The molecule has 222 valence electrons. The molecule has 7 aromatic rings. The van der Waals surface area contributed by atoms with Gasteiger partial charge in [0.1, 0.15) is 0 Å². The Morgan fingerprint density at radius 2 is 0.826 bits per heavy atom. The first kappa shape index (κ1) is 29.1. The van der Waals surface area contributed by atoms with Crippen LogP contribution in [0.15, 0.2) is 146 Å². The van der Waals surface area contributed by atoms with E-state index < -0.39 is 0 Å². The summed E-state index contributed by atoms with van der Waals surface area (Å²) in [7, 11) is 0. The number of rotatable bonds is 6. The Morgan fingerprint density at radius 1 is 0.348 bits per heavy atom. The highest BCUT2D eigenvalue weighted by atomic mass is 14.9. The highest BCUT2D eigenvalue weighted by molar-refractivity contribution is 5.92. The lowest BCUT2D eigenvalue weighted by Crippen LogP contribution is -1.97. The van der Waals surface area contributed by atoms with Gasteiger partial charge in [0.15, 0.2) is 5.82 Å². The molecule has 1 aromatic heterocycles. The molecule has 0 bridgehead atoms. The van der Waals surface area contributed by atoms with Crippen molar-refractivity contribution in [1.29, 1.82) is 0 Å². The summed E-state index contributed by atoms with van der Waals surface area (Å²) < 4.78 is 0. The zero-order valence-corrected chi connectivity index (χ0v) is 26.8. The summed E-state index contributed by atoms with van der Waals surface area (Å²) in [5, 5.41) is 0. The van der Waals surface area contributed by atoms with E-state index in [9.17, 15) is 0 Å². The molecule has 1 heterocycles. The van der Waals surface area contributed by atoms with Gasteiger partial charge in [0.25, 0.3) is 0 Å². The average Bonchev–Trinajstić information content (AvgIpc) is 3.08. The van der Waals surface area contributed by atoms with Gasteiger partial charge in [-0.1, -0.05) is 150 Å². The van der Waals surface area contributed by atoms with E-state index in [2.05, 4.69) is 149 Å². The van der Waals surface area contributed by atoms with Crippen molar-refractivity contribution in [3.8, 4) is 67.2 Å². The molecule has 0 spiro atoms. The largest absolute Gasteiger partial charge is 0.236 e. The maximum absolute atomic E-state index is 5.27. The quantitative estimate of drug-likeness (QED) is 0.192. The highest BCUT2D eigenvalue weighted by Gasteiger charge is 2.17. The zero-order valence-electron chi connectivity index (χ0n) is 26.8. The first-order valence-corrected chi connectivity index (χ1v) is 15.8. The summed E-state index contributed by atoms with van der Waals surface area (Å²) in [4.78, 5) is 10.2. The van der Waals surface area contributed by atoms with E-state index in [0.717, 1.165) is 39.1 Å². The molecule has 0 N–H and O–H groups in total. The second-order valence-electron chi connectivity index (χ2n) is 12.3. The minimum Gasteiger partial charge on any atom is -0.236 e. The average molecular weight is 593 g/mol. The minimum absolute atomic E-state index is 0.713. The summed E-state index contributed by atoms with van der Waals surface area (Å²) in [5.41, 5.74) is 17.3. The number of hydrogen-bond donors (Lipinski definition) is 0. The van der Waals surface area contributed by atoms with Crippen molar-refractivity contribution in [2.45, 2.75) is 27.7 Å². The Balaban J connectivity index is 1.40. The van der Waals surface area contributed by atoms with Crippen LogP contribution in [0.4, 0.5) is 0 Å². The number of aryl methyl sites for hydroxylation is 4. The van der Waals surface area contributed by atoms with E-state index in [4.69, 9.17) is 9.97 Å². The summed E-state index contributed by atoms with van der Waals surface area (Å²) in [6.45, 7) is 8.62. The van der Waals surface area contributed by atoms with Crippen LogP contribution in [0.1, 0.15) is 22.3 Å². The Hall–Kier alpha value is -5.60. The zero-order chi connectivity index (χ0) is 31.6. The molecular weight excluding hydrogens is 556 g/mol. The van der Waals surface area contributed by atoms with Crippen LogP contribution in [0.3, 0.4) is 0 Å². The molecule has 0 aliphatic rings. The fourth-order valence-electron chi connectivity index (χ4n) is 6.49. The highest BCUT2D eigenvalue weighted by Crippen LogP contribution is 2.40. The number of nitrogens with zero attached hydrogens (tertiary/aromatic N) is 2. The van der Waals surface area contributed by atoms with E-state index in [1.165, 1.54) is 44.5 Å². The number of hydrogen-bond acceptors (Lipinski definition) is 2. The SMILES string of the molecule is Cc1cc(C)cc(-c2cccc(-c3ccccc3-c3cnc(-c4ccccc4)nc3-c3cccc(-c4cc(C)cc(C)c4)c3)c2)c1. The third kappa shape index (κ3) is 6.03. The predicted molar refractivity (Wildman–Crippen MR) is 194 cm³/mol. The van der Waals surface area contributed by atoms with Crippen LogP contribution >= 0.6 is 0 Å². The normalized spacial score (nSPS) is 11.0. The molecule has 0 amide bonds. The number of aromatic nitrogens is 2. The molecule has 0 saturated heterocycles. The fourth-order valence-corrected chi connectivity index (χ4v) is 6.49. The van der Waals surface area contributed by atoms with Gasteiger partial charge in [-0.3, -0.25) is 0 Å². The monoisotopic (exact) mass is 592 g/mol. The summed E-state index contributed by atoms with van der Waals surface area (Å²) in [5.74, 6) is 0.713. The third-order valence-corrected chi connectivity index (χ3v) is 8.46. The van der Waals surface area contributed by atoms with E-state index in [-0.39, 0.29) is 0 Å². The molecule has 0 radical (unpaired) electrons. The van der Waals surface area contributed by atoms with E-state index in [0.29, 0.717) is 5.82 Å². The molecule has 7 rings (SSSR count). The molecular formula is C44H36N2. The van der Waals surface area contributed by atoms with Crippen molar-refractivity contribution in [3.05, 3.63) is 168 Å². The molecule has 0 aliphatic carbocycles. The number of benzene rings is 6. The van der Waals surface area contributed by atoms with Crippen LogP contribution in [-0.4, -0.2) is 9.97 Å². The Labute approximate surface area is 272 Å². The molecule has 2 heteroatoms. The van der Waals surface area contributed by atoms with Gasteiger partial charge in [0.05, 0.1) is 5.69 Å². The molecule has 46 heavy (non-hydrogen) atoms. The maximum Gasteiger partial charge on any atom is 0.159 e. The fraction of sp³-hybridized carbons (Fsp3) is 0.0909. The van der Waals surface area contributed by atoms with Crippen molar-refractivity contribution in [2.75, 3.05) is 0 Å². The summed E-state index contributed by atoms with van der Waals surface area (Å²) in [6, 6.07) is 49.9. The lowest BCUT2D eigenvalue weighted by atomic mass is 9.90. The van der Waals surface area contributed by atoms with Crippen molar-refractivity contribution < 1.29 is 0 Å². The first-order chi connectivity index (χ1) is 22.4. The first-order valence-electron chi connectivity index (χ1n) is 15.8. The second-order valence-corrected chi connectivity index (χ2v) is 12.3. The van der Waals surface area contributed by atoms with Crippen molar-refractivity contribution >= 4 is 0 Å². The molecule has 6 aromatic carbocycles. The van der Waals surface area contributed by atoms with Gasteiger partial charge < -0.3 is 0 Å². The van der Waals surface area contributed by atoms with E-state index >= 15 is 0 Å². The smallest absolute Gasteiger partial charge is 0.159 e. The van der Waals surface area contributed by atoms with Crippen LogP contribution in [0.5, 0.6) is 0 Å². The Kier molecular flexibility index (Phi) is 7.86. The molecule has 0 fully saturated rings. The van der Waals surface area contributed by atoms with E-state index in [1.807, 2.05) is 24.4 Å². The summed E-state index contributed by atoms with van der Waals surface area (Å²) >= 11 is 0. The summed E-state index contributed by atoms with van der Waals surface area (Å²) in [6.07, 6.45) is 2.00.